The van der Waals surface area contributed by atoms with Crippen LogP contribution in [0.3, 0.4) is 0 Å². The van der Waals surface area contributed by atoms with E-state index in [-0.39, 0.29) is 5.91 Å². The van der Waals surface area contributed by atoms with Crippen molar-refractivity contribution in [3.05, 3.63) is 0 Å². The van der Waals surface area contributed by atoms with E-state index in [0.29, 0.717) is 0 Å². The van der Waals surface area contributed by atoms with Gasteiger partial charge >= 0.3 is 5.37 Å². The normalized spacial score (nSPS) is 8.38. The van der Waals surface area contributed by atoms with E-state index in [9.17, 15) is 9.59 Å². The van der Waals surface area contributed by atoms with Crippen LogP contribution in [0.25, 0.3) is 0 Å². The van der Waals surface area contributed by atoms with Crippen molar-refractivity contribution < 1.29 is 9.59 Å². The molecule has 46 valence electrons. The van der Waals surface area contributed by atoms with Gasteiger partial charge in [-0.3, -0.25) is 14.5 Å². The van der Waals surface area contributed by atoms with Gasteiger partial charge in [0.15, 0.2) is 0 Å². The lowest BCUT2D eigenvalue weighted by molar-refractivity contribution is -0.124. The fraction of sp³-hybridized carbons (Fsp3) is 0.500. The molecule has 0 aromatic carbocycles. The van der Waals surface area contributed by atoms with E-state index in [0.717, 1.165) is 4.90 Å². The first-order chi connectivity index (χ1) is 3.55. The lowest BCUT2D eigenvalue weighted by Gasteiger charge is -2.05. The van der Waals surface area contributed by atoms with Gasteiger partial charge in [0.2, 0.25) is 5.91 Å². The molecule has 0 saturated heterocycles. The molecule has 0 unspecified atom stereocenters. The van der Waals surface area contributed by atoms with Crippen molar-refractivity contribution in [2.45, 2.75) is 6.92 Å². The van der Waals surface area contributed by atoms with Gasteiger partial charge in [-0.25, -0.2) is 0 Å². The van der Waals surface area contributed by atoms with Crippen LogP contribution in [0.5, 0.6) is 0 Å². The predicted molar refractivity (Wildman–Crippen MR) is 29.7 cm³/mol. The van der Waals surface area contributed by atoms with E-state index in [1.54, 1.807) is 0 Å². The molecule has 0 aliphatic carbocycles. The second-order valence-electron chi connectivity index (χ2n) is 1.33. The lowest BCUT2D eigenvalue weighted by Crippen LogP contribution is -2.25. The summed E-state index contributed by atoms with van der Waals surface area (Å²) in [5.41, 5.74) is 0. The summed E-state index contributed by atoms with van der Waals surface area (Å²) in [6.07, 6.45) is 0. The molecule has 8 heavy (non-hydrogen) atoms. The number of hydrogen-bond donors (Lipinski definition) is 0. The molecule has 0 saturated carbocycles. The monoisotopic (exact) mass is 135 g/mol. The van der Waals surface area contributed by atoms with Crippen LogP contribution in [-0.2, 0) is 4.79 Å². The van der Waals surface area contributed by atoms with Crippen molar-refractivity contribution >= 4 is 22.9 Å². The number of carbonyl (C=O) groups excluding carboxylic acids is 2. The Morgan fingerprint density at radius 3 is 1.88 bits per heavy atom. The second kappa shape index (κ2) is 2.67. The molecule has 0 N–H and O–H groups in total. The summed E-state index contributed by atoms with van der Waals surface area (Å²) in [7, 11) is 1.32. The van der Waals surface area contributed by atoms with Gasteiger partial charge in [0.05, 0.1) is 0 Å². The Balaban J connectivity index is 3.83. The van der Waals surface area contributed by atoms with Crippen LogP contribution >= 0.6 is 11.6 Å². The van der Waals surface area contributed by atoms with Crippen LogP contribution in [0.4, 0.5) is 4.79 Å². The van der Waals surface area contributed by atoms with Crippen LogP contribution in [-0.4, -0.2) is 23.2 Å². The molecule has 0 aliphatic heterocycles. The van der Waals surface area contributed by atoms with E-state index in [4.69, 9.17) is 11.6 Å². The zero-order valence-electron chi connectivity index (χ0n) is 4.64. The maximum atomic E-state index is 10.2. The number of carbonyl (C=O) groups is 2. The van der Waals surface area contributed by atoms with E-state index in [1.807, 2.05) is 0 Å². The highest BCUT2D eigenvalue weighted by molar-refractivity contribution is 6.63. The van der Waals surface area contributed by atoms with Gasteiger partial charge in [-0.1, -0.05) is 0 Å². The fourth-order valence-electron chi connectivity index (χ4n) is 0.124. The van der Waals surface area contributed by atoms with E-state index in [2.05, 4.69) is 0 Å². The zero-order chi connectivity index (χ0) is 6.73. The lowest BCUT2D eigenvalue weighted by atomic mass is 10.6. The predicted octanol–water partition coefficient (Wildman–Crippen LogP) is 0.824. The Bertz CT molecular complexity index is 109. The first kappa shape index (κ1) is 7.43. The smallest absolute Gasteiger partial charge is 0.275 e. The molecule has 0 aromatic rings. The Morgan fingerprint density at radius 2 is 1.88 bits per heavy atom. The highest BCUT2D eigenvalue weighted by Gasteiger charge is 2.06. The van der Waals surface area contributed by atoms with Crippen molar-refractivity contribution in [3.8, 4) is 0 Å². The Morgan fingerprint density at radius 1 is 1.50 bits per heavy atom. The highest BCUT2D eigenvalue weighted by atomic mass is 35.5. The molecule has 0 aromatic heterocycles. The Hall–Kier alpha value is -0.570. The van der Waals surface area contributed by atoms with Crippen molar-refractivity contribution in [2.75, 3.05) is 7.05 Å². The third-order valence-corrected chi connectivity index (χ3v) is 0.990. The number of nitrogens with zero attached hydrogens (tertiary/aromatic N) is 1. The molecule has 0 fully saturated rings. The standard InChI is InChI=1S/C4H6ClNO2/c1-3(7)6(2)4(5)8/h1-2H3. The average Bonchev–Trinajstić information content (AvgIpc) is 1.64. The third kappa shape index (κ3) is 1.93. The summed E-state index contributed by atoms with van der Waals surface area (Å²) in [5, 5.41) is -0.752. The van der Waals surface area contributed by atoms with Gasteiger partial charge in [0.25, 0.3) is 0 Å². The summed E-state index contributed by atoms with van der Waals surface area (Å²) in [4.78, 5) is 21.1. The molecule has 3 nitrogen and oxygen atoms in total. The van der Waals surface area contributed by atoms with Crippen LogP contribution in [0.2, 0.25) is 0 Å². The molecule has 2 amide bonds. The zero-order valence-corrected chi connectivity index (χ0v) is 5.40. The molecule has 0 bridgehead atoms. The minimum absolute atomic E-state index is 0.356. The number of imide groups is 1. The summed E-state index contributed by atoms with van der Waals surface area (Å²) in [6, 6.07) is 0. The second-order valence-corrected chi connectivity index (χ2v) is 1.65. The van der Waals surface area contributed by atoms with E-state index < -0.39 is 5.37 Å². The largest absolute Gasteiger partial charge is 0.322 e. The van der Waals surface area contributed by atoms with Crippen LogP contribution < -0.4 is 0 Å². The average molecular weight is 136 g/mol. The molecule has 4 heteroatoms. The van der Waals surface area contributed by atoms with Crippen molar-refractivity contribution in [2.24, 2.45) is 0 Å². The summed E-state index contributed by atoms with van der Waals surface area (Å²) in [6.45, 7) is 1.26. The van der Waals surface area contributed by atoms with Gasteiger partial charge in [-0.2, -0.15) is 0 Å². The summed E-state index contributed by atoms with van der Waals surface area (Å²) < 4.78 is 0. The highest BCUT2D eigenvalue weighted by Crippen LogP contribution is 1.90. The maximum absolute atomic E-state index is 10.2. The molecule has 0 heterocycles. The number of hydrogen-bond acceptors (Lipinski definition) is 2. The van der Waals surface area contributed by atoms with Crippen LogP contribution in [0, 0.1) is 0 Å². The topological polar surface area (TPSA) is 37.4 Å². The van der Waals surface area contributed by atoms with E-state index in [1.165, 1.54) is 14.0 Å². The van der Waals surface area contributed by atoms with Crippen molar-refractivity contribution in [3.63, 3.8) is 0 Å². The van der Waals surface area contributed by atoms with Gasteiger partial charge in [-0.05, 0) is 11.6 Å². The minimum atomic E-state index is -0.752. The molecule has 0 rings (SSSR count). The van der Waals surface area contributed by atoms with Crippen molar-refractivity contribution in [1.29, 1.82) is 0 Å². The minimum Gasteiger partial charge on any atom is -0.275 e. The first-order valence-electron chi connectivity index (χ1n) is 1.99. The summed E-state index contributed by atoms with van der Waals surface area (Å²) in [5.74, 6) is -0.356. The van der Waals surface area contributed by atoms with Crippen LogP contribution in [0.1, 0.15) is 6.92 Å². The molecular formula is C4H6ClNO2. The third-order valence-electron chi connectivity index (χ3n) is 0.736. The number of halogens is 1. The molecule has 0 spiro atoms. The van der Waals surface area contributed by atoms with Gasteiger partial charge in [0, 0.05) is 14.0 Å². The maximum Gasteiger partial charge on any atom is 0.322 e. The van der Waals surface area contributed by atoms with Crippen LogP contribution in [0.15, 0.2) is 0 Å². The Kier molecular flexibility index (Phi) is 2.48. The molecule has 0 atom stereocenters. The first-order valence-corrected chi connectivity index (χ1v) is 2.37. The molecular weight excluding hydrogens is 130 g/mol. The quantitative estimate of drug-likeness (QED) is 0.364. The van der Waals surface area contributed by atoms with Gasteiger partial charge in [-0.15, -0.1) is 0 Å². The van der Waals surface area contributed by atoms with Gasteiger partial charge in [0.1, 0.15) is 0 Å². The summed E-state index contributed by atoms with van der Waals surface area (Å²) >= 11 is 4.89. The number of rotatable bonds is 0. The molecule has 0 aliphatic rings. The number of amides is 2. The van der Waals surface area contributed by atoms with Crippen molar-refractivity contribution in [1.82, 2.24) is 4.90 Å². The van der Waals surface area contributed by atoms with Gasteiger partial charge < -0.3 is 0 Å². The Labute approximate surface area is 52.2 Å². The fourth-order valence-corrected chi connectivity index (χ4v) is 0.243. The SMILES string of the molecule is CC(=O)N(C)C(=O)Cl. The van der Waals surface area contributed by atoms with E-state index >= 15 is 0 Å². The molecule has 0 radical (unpaired) electrons.